The molecule has 1 saturated heterocycles. The first-order valence-electron chi connectivity index (χ1n) is 5.14. The molecule has 0 aliphatic carbocycles. The van der Waals surface area contributed by atoms with Gasteiger partial charge in [-0.1, -0.05) is 17.7 Å². The Hall–Kier alpha value is -0.840. The van der Waals surface area contributed by atoms with Gasteiger partial charge in [-0.2, -0.15) is 0 Å². The van der Waals surface area contributed by atoms with Gasteiger partial charge in [-0.15, -0.1) is 12.4 Å². The van der Waals surface area contributed by atoms with Crippen molar-refractivity contribution in [1.82, 2.24) is 10.6 Å². The summed E-state index contributed by atoms with van der Waals surface area (Å²) in [4.78, 5) is 11.8. The quantitative estimate of drug-likeness (QED) is 0.869. The molecule has 1 aromatic carbocycles. The number of carbonyl (C=O) groups is 1. The lowest BCUT2D eigenvalue weighted by molar-refractivity contribution is 0.0936. The fourth-order valence-electron chi connectivity index (χ4n) is 1.75. The number of amides is 1. The minimum absolute atomic E-state index is 0. The lowest BCUT2D eigenvalue weighted by Crippen LogP contribution is -2.36. The molecule has 3 nitrogen and oxygen atoms in total. The van der Waals surface area contributed by atoms with Crippen molar-refractivity contribution >= 4 is 29.9 Å². The molecule has 0 radical (unpaired) electrons. The standard InChI is InChI=1S/C11H12ClFN2O.ClH/c12-8-2-1-3-9(13)10(8)11(16)15-7-4-5-14-6-7;/h1-3,7,14H,4-6H2,(H,15,16);1H. The average Bonchev–Trinajstić information content (AvgIpc) is 2.70. The minimum atomic E-state index is -0.587. The summed E-state index contributed by atoms with van der Waals surface area (Å²) in [5.41, 5.74) is -0.0731. The lowest BCUT2D eigenvalue weighted by Gasteiger charge is -2.12. The molecule has 2 rings (SSSR count). The maximum absolute atomic E-state index is 13.4. The Labute approximate surface area is 110 Å². The number of rotatable bonds is 2. The van der Waals surface area contributed by atoms with Crippen molar-refractivity contribution in [2.24, 2.45) is 0 Å². The van der Waals surface area contributed by atoms with Crippen molar-refractivity contribution in [3.05, 3.63) is 34.6 Å². The zero-order chi connectivity index (χ0) is 11.5. The number of hydrogen-bond acceptors (Lipinski definition) is 2. The zero-order valence-corrected chi connectivity index (χ0v) is 10.6. The molecule has 1 heterocycles. The smallest absolute Gasteiger partial charge is 0.256 e. The SMILES string of the molecule is Cl.O=C(NC1CCNC1)c1c(F)cccc1Cl. The Morgan fingerprint density at radius 3 is 2.88 bits per heavy atom. The summed E-state index contributed by atoms with van der Waals surface area (Å²) in [5.74, 6) is -1.03. The molecular weight excluding hydrogens is 266 g/mol. The topological polar surface area (TPSA) is 41.1 Å². The van der Waals surface area contributed by atoms with Crippen LogP contribution < -0.4 is 10.6 Å². The van der Waals surface area contributed by atoms with Crippen LogP contribution in [0.5, 0.6) is 0 Å². The molecule has 1 unspecified atom stereocenters. The van der Waals surface area contributed by atoms with E-state index in [0.717, 1.165) is 19.5 Å². The monoisotopic (exact) mass is 278 g/mol. The molecule has 6 heteroatoms. The second-order valence-corrected chi connectivity index (χ2v) is 4.17. The third-order valence-electron chi connectivity index (χ3n) is 2.59. The summed E-state index contributed by atoms with van der Waals surface area (Å²) in [5, 5.41) is 6.01. The van der Waals surface area contributed by atoms with Crippen LogP contribution in [0.15, 0.2) is 18.2 Å². The third kappa shape index (κ3) is 3.31. The van der Waals surface area contributed by atoms with Crippen molar-refractivity contribution in [3.8, 4) is 0 Å². The molecular formula is C11H13Cl2FN2O. The summed E-state index contributed by atoms with van der Waals surface area (Å²) in [7, 11) is 0. The summed E-state index contributed by atoms with van der Waals surface area (Å²) < 4.78 is 13.4. The van der Waals surface area contributed by atoms with Gasteiger partial charge in [0.05, 0.1) is 10.6 Å². The van der Waals surface area contributed by atoms with E-state index in [2.05, 4.69) is 10.6 Å². The van der Waals surface area contributed by atoms with Crippen LogP contribution >= 0.6 is 24.0 Å². The van der Waals surface area contributed by atoms with Gasteiger partial charge in [0.25, 0.3) is 5.91 Å². The Balaban J connectivity index is 0.00000144. The number of nitrogens with one attached hydrogen (secondary N) is 2. The van der Waals surface area contributed by atoms with Crippen LogP contribution in [0.2, 0.25) is 5.02 Å². The molecule has 1 aromatic rings. The van der Waals surface area contributed by atoms with Crippen LogP contribution in [0.4, 0.5) is 4.39 Å². The molecule has 1 amide bonds. The van der Waals surface area contributed by atoms with Gasteiger partial charge in [-0.3, -0.25) is 4.79 Å². The van der Waals surface area contributed by atoms with Gasteiger partial charge in [0.2, 0.25) is 0 Å². The average molecular weight is 279 g/mol. The van der Waals surface area contributed by atoms with E-state index in [1.807, 2.05) is 0 Å². The van der Waals surface area contributed by atoms with Crippen LogP contribution in [0.25, 0.3) is 0 Å². The Morgan fingerprint density at radius 2 is 2.29 bits per heavy atom. The second kappa shape index (κ2) is 6.19. The van der Waals surface area contributed by atoms with Crippen LogP contribution in [-0.4, -0.2) is 25.0 Å². The summed E-state index contributed by atoms with van der Waals surface area (Å²) >= 11 is 5.79. The Kier molecular flexibility index (Phi) is 5.18. The number of hydrogen-bond donors (Lipinski definition) is 2. The molecule has 0 spiro atoms. The van der Waals surface area contributed by atoms with Crippen LogP contribution in [0.3, 0.4) is 0 Å². The van der Waals surface area contributed by atoms with E-state index >= 15 is 0 Å². The first-order chi connectivity index (χ1) is 7.68. The van der Waals surface area contributed by atoms with E-state index in [-0.39, 0.29) is 29.0 Å². The molecule has 0 bridgehead atoms. The maximum Gasteiger partial charge on any atom is 0.256 e. The van der Waals surface area contributed by atoms with E-state index < -0.39 is 11.7 Å². The maximum atomic E-state index is 13.4. The predicted octanol–water partition coefficient (Wildman–Crippen LogP) is 1.99. The van der Waals surface area contributed by atoms with E-state index in [1.54, 1.807) is 0 Å². The van der Waals surface area contributed by atoms with Gasteiger partial charge in [-0.25, -0.2) is 4.39 Å². The molecule has 94 valence electrons. The number of carbonyl (C=O) groups excluding carboxylic acids is 1. The molecule has 1 atom stereocenters. The Morgan fingerprint density at radius 1 is 1.53 bits per heavy atom. The molecule has 2 N–H and O–H groups in total. The molecule has 0 saturated carbocycles. The third-order valence-corrected chi connectivity index (χ3v) is 2.90. The number of halogens is 3. The van der Waals surface area contributed by atoms with Gasteiger partial charge in [0.1, 0.15) is 5.82 Å². The van der Waals surface area contributed by atoms with Gasteiger partial charge in [0, 0.05) is 12.6 Å². The highest BCUT2D eigenvalue weighted by Gasteiger charge is 2.21. The van der Waals surface area contributed by atoms with Gasteiger partial charge in [-0.05, 0) is 25.1 Å². The van der Waals surface area contributed by atoms with E-state index in [4.69, 9.17) is 11.6 Å². The lowest BCUT2D eigenvalue weighted by atomic mass is 10.1. The van der Waals surface area contributed by atoms with Crippen molar-refractivity contribution < 1.29 is 9.18 Å². The molecule has 1 aliphatic rings. The van der Waals surface area contributed by atoms with Crippen molar-refractivity contribution in [2.75, 3.05) is 13.1 Å². The molecule has 1 fully saturated rings. The van der Waals surface area contributed by atoms with Gasteiger partial charge in [0.15, 0.2) is 0 Å². The highest BCUT2D eigenvalue weighted by molar-refractivity contribution is 6.33. The highest BCUT2D eigenvalue weighted by atomic mass is 35.5. The summed E-state index contributed by atoms with van der Waals surface area (Å²) in [6.45, 7) is 1.59. The molecule has 17 heavy (non-hydrogen) atoms. The van der Waals surface area contributed by atoms with E-state index in [1.165, 1.54) is 18.2 Å². The summed E-state index contributed by atoms with van der Waals surface area (Å²) in [6, 6.07) is 4.27. The fraction of sp³-hybridized carbons (Fsp3) is 0.364. The van der Waals surface area contributed by atoms with Gasteiger partial charge < -0.3 is 10.6 Å². The summed E-state index contributed by atoms with van der Waals surface area (Å²) in [6.07, 6.45) is 0.859. The second-order valence-electron chi connectivity index (χ2n) is 3.76. The number of benzene rings is 1. The first kappa shape index (κ1) is 14.2. The van der Waals surface area contributed by atoms with Crippen LogP contribution in [0.1, 0.15) is 16.8 Å². The normalized spacial score (nSPS) is 18.6. The van der Waals surface area contributed by atoms with Crippen molar-refractivity contribution in [2.45, 2.75) is 12.5 Å². The van der Waals surface area contributed by atoms with E-state index in [0.29, 0.717) is 0 Å². The minimum Gasteiger partial charge on any atom is -0.348 e. The van der Waals surface area contributed by atoms with Crippen LogP contribution in [0, 0.1) is 5.82 Å². The van der Waals surface area contributed by atoms with Crippen molar-refractivity contribution in [1.29, 1.82) is 0 Å². The van der Waals surface area contributed by atoms with Crippen LogP contribution in [-0.2, 0) is 0 Å². The Bertz CT molecular complexity index is 388. The molecule has 0 aromatic heterocycles. The zero-order valence-electron chi connectivity index (χ0n) is 9.00. The first-order valence-corrected chi connectivity index (χ1v) is 5.52. The predicted molar refractivity (Wildman–Crippen MR) is 67.4 cm³/mol. The molecule has 1 aliphatic heterocycles. The largest absolute Gasteiger partial charge is 0.348 e. The van der Waals surface area contributed by atoms with E-state index in [9.17, 15) is 9.18 Å². The highest BCUT2D eigenvalue weighted by Crippen LogP contribution is 2.19. The van der Waals surface area contributed by atoms with Crippen molar-refractivity contribution in [3.63, 3.8) is 0 Å². The fourth-order valence-corrected chi connectivity index (χ4v) is 2.00. The van der Waals surface area contributed by atoms with Gasteiger partial charge >= 0.3 is 0 Å².